The van der Waals surface area contributed by atoms with Crippen LogP contribution in [0.5, 0.6) is 0 Å². The van der Waals surface area contributed by atoms with Gasteiger partial charge in [0.25, 0.3) is 0 Å². The van der Waals surface area contributed by atoms with Gasteiger partial charge in [0, 0.05) is 13.6 Å². The lowest BCUT2D eigenvalue weighted by atomic mass is 10.3. The molecule has 0 amide bonds. The van der Waals surface area contributed by atoms with Crippen LogP contribution in [0.15, 0.2) is 6.20 Å². The van der Waals surface area contributed by atoms with Crippen LogP contribution in [0.1, 0.15) is 24.7 Å². The fourth-order valence-electron chi connectivity index (χ4n) is 1.21. The first-order valence-electron chi connectivity index (χ1n) is 5.20. The van der Waals surface area contributed by atoms with Crippen LogP contribution in [0.4, 0.5) is 5.82 Å². The van der Waals surface area contributed by atoms with Gasteiger partial charge in [-0.05, 0) is 27.2 Å². The Bertz CT molecular complexity index is 326. The van der Waals surface area contributed by atoms with Crippen LogP contribution in [0.3, 0.4) is 0 Å². The largest absolute Gasteiger partial charge is 0.393 e. The van der Waals surface area contributed by atoms with E-state index in [0.29, 0.717) is 0 Å². The summed E-state index contributed by atoms with van der Waals surface area (Å²) in [6, 6.07) is 0. The minimum atomic E-state index is -0.271. The Morgan fingerprint density at radius 3 is 2.60 bits per heavy atom. The predicted octanol–water partition coefficient (Wildman–Crippen LogP) is 1.30. The molecule has 1 heterocycles. The van der Waals surface area contributed by atoms with Crippen molar-refractivity contribution < 1.29 is 5.11 Å². The van der Waals surface area contributed by atoms with Crippen LogP contribution in [0.25, 0.3) is 0 Å². The molecule has 1 unspecified atom stereocenters. The molecule has 84 valence electrons. The van der Waals surface area contributed by atoms with Gasteiger partial charge in [-0.15, -0.1) is 0 Å². The fraction of sp³-hybridized carbons (Fsp3) is 0.636. The molecule has 0 spiro atoms. The lowest BCUT2D eigenvalue weighted by molar-refractivity contribution is 0.187. The van der Waals surface area contributed by atoms with Crippen molar-refractivity contribution >= 4 is 5.82 Å². The SMILES string of the molecule is Cc1ncc(N(C)CCC(C)O)nc1C. The summed E-state index contributed by atoms with van der Waals surface area (Å²) in [5.74, 6) is 0.860. The Morgan fingerprint density at radius 2 is 2.07 bits per heavy atom. The van der Waals surface area contributed by atoms with Crippen molar-refractivity contribution in [2.24, 2.45) is 0 Å². The summed E-state index contributed by atoms with van der Waals surface area (Å²) in [6.07, 6.45) is 2.24. The van der Waals surface area contributed by atoms with E-state index in [1.807, 2.05) is 25.8 Å². The number of aliphatic hydroxyl groups excluding tert-OH is 1. The number of hydrogen-bond donors (Lipinski definition) is 1. The highest BCUT2D eigenvalue weighted by atomic mass is 16.3. The van der Waals surface area contributed by atoms with Gasteiger partial charge >= 0.3 is 0 Å². The Morgan fingerprint density at radius 1 is 1.40 bits per heavy atom. The Hall–Kier alpha value is -1.16. The second kappa shape index (κ2) is 5.07. The average molecular weight is 209 g/mol. The Labute approximate surface area is 91.0 Å². The monoisotopic (exact) mass is 209 g/mol. The molecular weight excluding hydrogens is 190 g/mol. The fourth-order valence-corrected chi connectivity index (χ4v) is 1.21. The molecule has 0 saturated carbocycles. The number of aromatic nitrogens is 2. The lowest BCUT2D eigenvalue weighted by Gasteiger charge is -2.19. The molecule has 1 aromatic heterocycles. The van der Waals surface area contributed by atoms with Gasteiger partial charge in [0.15, 0.2) is 0 Å². The average Bonchev–Trinajstić information content (AvgIpc) is 2.18. The maximum absolute atomic E-state index is 9.18. The quantitative estimate of drug-likeness (QED) is 0.812. The van der Waals surface area contributed by atoms with Crippen LogP contribution in [0.2, 0.25) is 0 Å². The van der Waals surface area contributed by atoms with Gasteiger partial charge in [-0.3, -0.25) is 4.98 Å². The molecule has 0 aliphatic carbocycles. The maximum atomic E-state index is 9.18. The summed E-state index contributed by atoms with van der Waals surface area (Å²) < 4.78 is 0. The first kappa shape index (κ1) is 11.9. The highest BCUT2D eigenvalue weighted by Gasteiger charge is 2.06. The first-order chi connectivity index (χ1) is 7.00. The topological polar surface area (TPSA) is 49.2 Å². The molecule has 0 aromatic carbocycles. The van der Waals surface area contributed by atoms with Gasteiger partial charge in [-0.1, -0.05) is 0 Å². The van der Waals surface area contributed by atoms with Crippen molar-refractivity contribution in [1.82, 2.24) is 9.97 Å². The number of hydrogen-bond acceptors (Lipinski definition) is 4. The van der Waals surface area contributed by atoms with Gasteiger partial charge in [-0.25, -0.2) is 4.98 Å². The van der Waals surface area contributed by atoms with Crippen molar-refractivity contribution in [3.63, 3.8) is 0 Å². The minimum absolute atomic E-state index is 0.271. The van der Waals surface area contributed by atoms with Gasteiger partial charge < -0.3 is 10.0 Å². The smallest absolute Gasteiger partial charge is 0.147 e. The van der Waals surface area contributed by atoms with E-state index < -0.39 is 0 Å². The van der Waals surface area contributed by atoms with Crippen molar-refractivity contribution in [3.05, 3.63) is 17.6 Å². The molecule has 1 atom stereocenters. The summed E-state index contributed by atoms with van der Waals surface area (Å²) in [5.41, 5.74) is 1.92. The summed E-state index contributed by atoms with van der Waals surface area (Å²) >= 11 is 0. The van der Waals surface area contributed by atoms with Crippen LogP contribution < -0.4 is 4.90 Å². The molecule has 1 N–H and O–H groups in total. The van der Waals surface area contributed by atoms with Gasteiger partial charge in [0.2, 0.25) is 0 Å². The standard InChI is InChI=1S/C11H19N3O/c1-8(15)5-6-14(4)11-7-12-9(2)10(3)13-11/h7-8,15H,5-6H2,1-4H3. The summed E-state index contributed by atoms with van der Waals surface area (Å²) in [7, 11) is 1.96. The van der Waals surface area contributed by atoms with Crippen molar-refractivity contribution in [2.45, 2.75) is 33.3 Å². The van der Waals surface area contributed by atoms with Crippen LogP contribution >= 0.6 is 0 Å². The molecule has 0 aliphatic rings. The summed E-state index contributed by atoms with van der Waals surface area (Å²) in [5, 5.41) is 9.18. The number of rotatable bonds is 4. The molecule has 0 aliphatic heterocycles. The number of aliphatic hydroxyl groups is 1. The third kappa shape index (κ3) is 3.47. The molecule has 4 nitrogen and oxygen atoms in total. The van der Waals surface area contributed by atoms with E-state index in [9.17, 15) is 5.11 Å². The molecule has 0 saturated heterocycles. The van der Waals surface area contributed by atoms with E-state index in [-0.39, 0.29) is 6.10 Å². The van der Waals surface area contributed by atoms with E-state index in [1.165, 1.54) is 0 Å². The Balaban J connectivity index is 2.65. The van der Waals surface area contributed by atoms with Crippen molar-refractivity contribution in [1.29, 1.82) is 0 Å². The molecule has 1 aromatic rings. The molecule has 0 fully saturated rings. The molecule has 4 heteroatoms. The van der Waals surface area contributed by atoms with Crippen LogP contribution in [-0.4, -0.2) is 34.8 Å². The Kier molecular flexibility index (Phi) is 4.03. The van der Waals surface area contributed by atoms with E-state index in [1.54, 1.807) is 13.1 Å². The third-order valence-corrected chi connectivity index (χ3v) is 2.45. The van der Waals surface area contributed by atoms with E-state index >= 15 is 0 Å². The highest BCUT2D eigenvalue weighted by Crippen LogP contribution is 2.10. The van der Waals surface area contributed by atoms with E-state index in [2.05, 4.69) is 9.97 Å². The first-order valence-corrected chi connectivity index (χ1v) is 5.20. The molecule has 0 radical (unpaired) electrons. The molecular formula is C11H19N3O. The van der Waals surface area contributed by atoms with Gasteiger partial charge in [0.1, 0.15) is 5.82 Å². The third-order valence-electron chi connectivity index (χ3n) is 2.45. The van der Waals surface area contributed by atoms with Crippen molar-refractivity contribution in [3.8, 4) is 0 Å². The zero-order valence-electron chi connectivity index (χ0n) is 9.86. The minimum Gasteiger partial charge on any atom is -0.393 e. The van der Waals surface area contributed by atoms with Gasteiger partial charge in [0.05, 0.1) is 23.7 Å². The van der Waals surface area contributed by atoms with E-state index in [0.717, 1.165) is 30.2 Å². The maximum Gasteiger partial charge on any atom is 0.147 e. The number of nitrogens with zero attached hydrogens (tertiary/aromatic N) is 3. The molecule has 15 heavy (non-hydrogen) atoms. The summed E-state index contributed by atoms with van der Waals surface area (Å²) in [6.45, 7) is 6.48. The zero-order valence-corrected chi connectivity index (χ0v) is 9.86. The van der Waals surface area contributed by atoms with Crippen LogP contribution in [-0.2, 0) is 0 Å². The van der Waals surface area contributed by atoms with Crippen molar-refractivity contribution in [2.75, 3.05) is 18.5 Å². The normalized spacial score (nSPS) is 12.6. The molecule has 0 bridgehead atoms. The van der Waals surface area contributed by atoms with E-state index in [4.69, 9.17) is 0 Å². The van der Waals surface area contributed by atoms with Gasteiger partial charge in [-0.2, -0.15) is 0 Å². The second-order valence-electron chi connectivity index (χ2n) is 3.96. The zero-order chi connectivity index (χ0) is 11.4. The highest BCUT2D eigenvalue weighted by molar-refractivity contribution is 5.36. The number of anilines is 1. The molecule has 1 rings (SSSR count). The lowest BCUT2D eigenvalue weighted by Crippen LogP contribution is -2.23. The summed E-state index contributed by atoms with van der Waals surface area (Å²) in [4.78, 5) is 10.7. The van der Waals surface area contributed by atoms with Crippen LogP contribution in [0, 0.1) is 13.8 Å². The second-order valence-corrected chi connectivity index (χ2v) is 3.96. The predicted molar refractivity (Wildman–Crippen MR) is 61.1 cm³/mol. The number of aryl methyl sites for hydroxylation is 2.